The van der Waals surface area contributed by atoms with Crippen LogP contribution in [0.25, 0.3) is 0 Å². The number of halogens is 3. The van der Waals surface area contributed by atoms with Crippen molar-refractivity contribution in [2.45, 2.75) is 11.8 Å². The van der Waals surface area contributed by atoms with Crippen molar-refractivity contribution in [3.05, 3.63) is 56.5 Å². The lowest BCUT2D eigenvalue weighted by atomic mass is 10.2. The monoisotopic (exact) mass is 462 g/mol. The molecule has 1 aliphatic heterocycles. The van der Waals surface area contributed by atoms with Gasteiger partial charge in [0, 0.05) is 36.3 Å². The fourth-order valence-corrected chi connectivity index (χ4v) is 5.44. The molecule has 1 saturated heterocycles. The molecule has 25 heavy (non-hydrogen) atoms. The number of benzene rings is 2. The van der Waals surface area contributed by atoms with Gasteiger partial charge < -0.3 is 4.90 Å². The summed E-state index contributed by atoms with van der Waals surface area (Å²) in [6, 6.07) is 11.1. The summed E-state index contributed by atoms with van der Waals surface area (Å²) in [5, 5.41) is 0.485. The van der Waals surface area contributed by atoms with Crippen LogP contribution in [-0.4, -0.2) is 38.9 Å². The van der Waals surface area contributed by atoms with Crippen LogP contribution in [0.1, 0.15) is 5.56 Å². The van der Waals surface area contributed by atoms with Crippen LogP contribution < -0.4 is 4.90 Å². The number of aryl methyl sites for hydroxylation is 1. The molecule has 0 amide bonds. The Morgan fingerprint density at radius 3 is 2.16 bits per heavy atom. The first-order chi connectivity index (χ1) is 11.8. The van der Waals surface area contributed by atoms with E-state index in [-0.39, 0.29) is 9.92 Å². The number of rotatable bonds is 3. The second-order valence-electron chi connectivity index (χ2n) is 5.92. The van der Waals surface area contributed by atoms with Gasteiger partial charge in [0.05, 0.1) is 10.0 Å². The molecule has 1 heterocycles. The van der Waals surface area contributed by atoms with Gasteiger partial charge in [-0.2, -0.15) is 4.31 Å². The van der Waals surface area contributed by atoms with Crippen LogP contribution in [0, 0.1) is 6.92 Å². The molecule has 4 nitrogen and oxygen atoms in total. The number of hydrogen-bond acceptors (Lipinski definition) is 3. The molecule has 3 rings (SSSR count). The van der Waals surface area contributed by atoms with Crippen LogP contribution in [0.4, 0.5) is 5.69 Å². The summed E-state index contributed by atoms with van der Waals surface area (Å²) in [6.45, 7) is 4.11. The molecule has 2 aromatic rings. The lowest BCUT2D eigenvalue weighted by Crippen LogP contribution is -2.48. The Morgan fingerprint density at radius 2 is 1.56 bits per heavy atom. The highest BCUT2D eigenvalue weighted by Crippen LogP contribution is 2.33. The smallest absolute Gasteiger partial charge is 0.244 e. The highest BCUT2D eigenvalue weighted by molar-refractivity contribution is 9.10. The molecule has 0 N–H and O–H groups in total. The van der Waals surface area contributed by atoms with Gasteiger partial charge in [-0.25, -0.2) is 8.42 Å². The van der Waals surface area contributed by atoms with Crippen molar-refractivity contribution in [1.82, 2.24) is 4.31 Å². The topological polar surface area (TPSA) is 40.6 Å². The van der Waals surface area contributed by atoms with Crippen LogP contribution in [0.5, 0.6) is 0 Å². The van der Waals surface area contributed by atoms with E-state index < -0.39 is 10.0 Å². The first kappa shape index (κ1) is 19.0. The molecule has 1 aliphatic rings. The number of hydrogen-bond donors (Lipinski definition) is 0. The third kappa shape index (κ3) is 3.98. The van der Waals surface area contributed by atoms with Crippen molar-refractivity contribution in [3.8, 4) is 0 Å². The summed E-state index contributed by atoms with van der Waals surface area (Å²) >= 11 is 15.4. The van der Waals surface area contributed by atoms with Crippen molar-refractivity contribution in [1.29, 1.82) is 0 Å². The zero-order valence-electron chi connectivity index (χ0n) is 13.5. The van der Waals surface area contributed by atoms with E-state index in [9.17, 15) is 8.42 Å². The minimum absolute atomic E-state index is 0.0474. The zero-order chi connectivity index (χ0) is 18.2. The molecule has 0 radical (unpaired) electrons. The third-order valence-corrected chi connectivity index (χ3v) is 7.79. The average molecular weight is 464 g/mol. The molecule has 0 aromatic heterocycles. The van der Waals surface area contributed by atoms with Crippen LogP contribution in [0.2, 0.25) is 10.0 Å². The van der Waals surface area contributed by atoms with Gasteiger partial charge in [-0.05, 0) is 47.1 Å². The number of nitrogens with zero attached hydrogens (tertiary/aromatic N) is 2. The van der Waals surface area contributed by atoms with E-state index in [2.05, 4.69) is 45.1 Å². The molecule has 1 fully saturated rings. The maximum Gasteiger partial charge on any atom is 0.244 e. The molecule has 0 bridgehead atoms. The first-order valence-corrected chi connectivity index (χ1v) is 10.7. The lowest BCUT2D eigenvalue weighted by Gasteiger charge is -2.35. The van der Waals surface area contributed by atoms with Gasteiger partial charge in [0.2, 0.25) is 10.0 Å². The van der Waals surface area contributed by atoms with E-state index >= 15 is 0 Å². The Balaban J connectivity index is 1.78. The maximum absolute atomic E-state index is 12.9. The Hall–Kier alpha value is -0.790. The van der Waals surface area contributed by atoms with Crippen LogP contribution in [0.15, 0.2) is 45.8 Å². The van der Waals surface area contributed by atoms with Crippen molar-refractivity contribution in [3.63, 3.8) is 0 Å². The van der Waals surface area contributed by atoms with Crippen LogP contribution in [0.3, 0.4) is 0 Å². The third-order valence-electron chi connectivity index (χ3n) is 4.23. The average Bonchev–Trinajstić information content (AvgIpc) is 2.59. The van der Waals surface area contributed by atoms with Gasteiger partial charge in [-0.1, -0.05) is 40.9 Å². The molecule has 0 spiro atoms. The van der Waals surface area contributed by atoms with Crippen molar-refractivity contribution in [2.75, 3.05) is 31.1 Å². The number of sulfonamides is 1. The summed E-state index contributed by atoms with van der Waals surface area (Å²) in [5.41, 5.74) is 2.30. The SMILES string of the molecule is Cc1ccc(N2CCN(S(=O)(=O)c3cc(Cl)c(Br)cc3Cl)CC2)cc1. The summed E-state index contributed by atoms with van der Waals surface area (Å²) < 4.78 is 27.8. The maximum atomic E-state index is 12.9. The minimum Gasteiger partial charge on any atom is -0.369 e. The normalized spacial score (nSPS) is 16.2. The molecule has 8 heteroatoms. The summed E-state index contributed by atoms with van der Waals surface area (Å²) in [5.74, 6) is 0. The predicted octanol–water partition coefficient (Wildman–Crippen LogP) is 4.58. The molecule has 0 aliphatic carbocycles. The van der Waals surface area contributed by atoms with Gasteiger partial charge in [-0.15, -0.1) is 0 Å². The summed E-state index contributed by atoms with van der Waals surface area (Å²) in [6.07, 6.45) is 0. The van der Waals surface area contributed by atoms with Gasteiger partial charge in [0.1, 0.15) is 4.90 Å². The Kier molecular flexibility index (Phi) is 5.66. The second kappa shape index (κ2) is 7.45. The zero-order valence-corrected chi connectivity index (χ0v) is 17.5. The van der Waals surface area contributed by atoms with Crippen molar-refractivity contribution in [2.24, 2.45) is 0 Å². The Morgan fingerprint density at radius 1 is 0.960 bits per heavy atom. The largest absolute Gasteiger partial charge is 0.369 e. The van der Waals surface area contributed by atoms with Crippen molar-refractivity contribution < 1.29 is 8.42 Å². The molecular weight excluding hydrogens is 447 g/mol. The Bertz CT molecular complexity index is 880. The minimum atomic E-state index is -3.67. The van der Waals surface area contributed by atoms with Gasteiger partial charge in [0.25, 0.3) is 0 Å². The standard InChI is InChI=1S/C17H17BrCl2N2O2S/c1-12-2-4-13(5-3-12)21-6-8-22(9-7-21)25(23,24)17-11-15(19)14(18)10-16(17)20/h2-5,10-11H,6-9H2,1H3. The van der Waals surface area contributed by atoms with E-state index in [0.29, 0.717) is 35.7 Å². The van der Waals surface area contributed by atoms with E-state index in [1.54, 1.807) is 0 Å². The van der Waals surface area contributed by atoms with Gasteiger partial charge in [0.15, 0.2) is 0 Å². The highest BCUT2D eigenvalue weighted by atomic mass is 79.9. The van der Waals surface area contributed by atoms with Crippen LogP contribution >= 0.6 is 39.1 Å². The number of anilines is 1. The molecule has 0 saturated carbocycles. The summed E-state index contributed by atoms with van der Waals surface area (Å²) in [7, 11) is -3.67. The molecule has 2 aromatic carbocycles. The van der Waals surface area contributed by atoms with E-state index in [1.807, 2.05) is 6.92 Å². The predicted molar refractivity (Wildman–Crippen MR) is 106 cm³/mol. The fraction of sp³-hybridized carbons (Fsp3) is 0.294. The molecule has 0 atom stereocenters. The molecule has 134 valence electrons. The Labute approximate surface area is 166 Å². The van der Waals surface area contributed by atoms with E-state index in [4.69, 9.17) is 23.2 Å². The van der Waals surface area contributed by atoms with Gasteiger partial charge >= 0.3 is 0 Å². The quantitative estimate of drug-likeness (QED) is 0.625. The first-order valence-electron chi connectivity index (χ1n) is 7.75. The second-order valence-corrected chi connectivity index (χ2v) is 9.50. The molecular formula is C17H17BrCl2N2O2S. The molecule has 0 unspecified atom stereocenters. The summed E-state index contributed by atoms with van der Waals surface area (Å²) in [4.78, 5) is 2.23. The van der Waals surface area contributed by atoms with Crippen molar-refractivity contribution >= 4 is 54.8 Å². The van der Waals surface area contributed by atoms with E-state index in [1.165, 1.54) is 22.0 Å². The lowest BCUT2D eigenvalue weighted by molar-refractivity contribution is 0.385. The van der Waals surface area contributed by atoms with Crippen LogP contribution in [-0.2, 0) is 10.0 Å². The van der Waals surface area contributed by atoms with Gasteiger partial charge in [-0.3, -0.25) is 0 Å². The fourth-order valence-electron chi connectivity index (χ4n) is 2.78. The highest BCUT2D eigenvalue weighted by Gasteiger charge is 2.30. The number of piperazine rings is 1. The van der Waals surface area contributed by atoms with E-state index in [0.717, 1.165) is 5.69 Å².